The second kappa shape index (κ2) is 7.09. The van der Waals surface area contributed by atoms with Crippen molar-refractivity contribution in [1.82, 2.24) is 0 Å². The monoisotopic (exact) mass is 311 g/mol. The van der Waals surface area contributed by atoms with E-state index in [1.54, 1.807) is 18.2 Å². The molecule has 0 atom stereocenters. The Morgan fingerprint density at radius 3 is 2.30 bits per heavy atom. The lowest BCUT2D eigenvalue weighted by molar-refractivity contribution is 0.344. The smallest absolute Gasteiger partial charge is 0.361 e. The number of benzene rings is 2. The average Bonchev–Trinajstić information content (AvgIpc) is 2.45. The molecule has 0 bridgehead atoms. The molecule has 0 aromatic heterocycles. The Hall–Kier alpha value is -1.07. The lowest BCUT2D eigenvalue weighted by Crippen LogP contribution is -2.46. The van der Waals surface area contributed by atoms with Gasteiger partial charge in [0.25, 0.3) is 0 Å². The maximum Gasteiger partial charge on any atom is 0.361 e. The van der Waals surface area contributed by atoms with E-state index in [0.717, 1.165) is 5.46 Å². The van der Waals surface area contributed by atoms with Crippen molar-refractivity contribution in [3.8, 4) is 0 Å². The van der Waals surface area contributed by atoms with Crippen molar-refractivity contribution in [2.24, 2.45) is 5.73 Å². The molecule has 2 aromatic carbocycles. The van der Waals surface area contributed by atoms with E-state index in [9.17, 15) is 4.39 Å². The predicted octanol–water partition coefficient (Wildman–Crippen LogP) is 2.21. The van der Waals surface area contributed by atoms with Crippen LogP contribution in [0.25, 0.3) is 0 Å². The first kappa shape index (κ1) is 15.3. The maximum atomic E-state index is 13.6. The highest BCUT2D eigenvalue weighted by Gasteiger charge is 2.22. The largest absolute Gasteiger partial charge is 0.426 e. The molecule has 0 saturated heterocycles. The predicted molar refractivity (Wildman–Crippen MR) is 82.9 cm³/mol. The number of rotatable bonds is 5. The summed E-state index contributed by atoms with van der Waals surface area (Å²) in [5.74, 6) is -0.473. The van der Waals surface area contributed by atoms with E-state index in [4.69, 9.17) is 33.6 Å². The van der Waals surface area contributed by atoms with Gasteiger partial charge in [-0.05, 0) is 35.2 Å². The Morgan fingerprint density at radius 2 is 1.70 bits per heavy atom. The zero-order valence-electron chi connectivity index (χ0n) is 10.7. The maximum absolute atomic E-state index is 13.6. The number of hydrogen-bond acceptors (Lipinski definition) is 2. The summed E-state index contributed by atoms with van der Waals surface area (Å²) in [6.07, 6.45) is 0. The normalized spacial score (nSPS) is 10.6. The molecule has 2 aromatic rings. The summed E-state index contributed by atoms with van der Waals surface area (Å²) in [5, 5.41) is 0.719. The van der Waals surface area contributed by atoms with E-state index in [2.05, 4.69) is 0 Å². The van der Waals surface area contributed by atoms with Crippen LogP contribution in [0, 0.1) is 5.82 Å². The molecule has 2 nitrogen and oxygen atoms in total. The van der Waals surface area contributed by atoms with Gasteiger partial charge in [-0.2, -0.15) is 0 Å². The van der Waals surface area contributed by atoms with Crippen molar-refractivity contribution < 1.29 is 9.04 Å². The van der Waals surface area contributed by atoms with Crippen molar-refractivity contribution in [3.05, 3.63) is 58.3 Å². The van der Waals surface area contributed by atoms with Gasteiger partial charge in [-0.3, -0.25) is 0 Å². The Morgan fingerprint density at radius 1 is 1.05 bits per heavy atom. The highest BCUT2D eigenvalue weighted by molar-refractivity contribution is 6.80. The first-order valence-corrected chi connectivity index (χ1v) is 6.89. The highest BCUT2D eigenvalue weighted by atomic mass is 35.5. The van der Waals surface area contributed by atoms with Gasteiger partial charge in [0.05, 0.1) is 5.02 Å². The minimum absolute atomic E-state index is 0.0856. The van der Waals surface area contributed by atoms with Gasteiger partial charge in [0, 0.05) is 18.2 Å². The molecule has 0 aliphatic heterocycles. The van der Waals surface area contributed by atoms with Crippen molar-refractivity contribution in [3.63, 3.8) is 0 Å². The fourth-order valence-corrected chi connectivity index (χ4v) is 2.13. The zero-order chi connectivity index (χ0) is 14.5. The molecule has 0 radical (unpaired) electrons. The van der Waals surface area contributed by atoms with Crippen LogP contribution in [0.1, 0.15) is 0 Å². The van der Waals surface area contributed by atoms with Gasteiger partial charge < -0.3 is 10.4 Å². The third kappa shape index (κ3) is 3.73. The van der Waals surface area contributed by atoms with Crippen molar-refractivity contribution >= 4 is 41.0 Å². The minimum Gasteiger partial charge on any atom is -0.426 e. The molecule has 0 unspecified atom stereocenters. The Bertz CT molecular complexity index is 580. The Kier molecular flexibility index (Phi) is 5.43. The summed E-state index contributed by atoms with van der Waals surface area (Å²) >= 11 is 11.6. The fraction of sp³-hybridized carbons (Fsp3) is 0.143. The van der Waals surface area contributed by atoms with Crippen LogP contribution in [0.3, 0.4) is 0 Å². The second-order valence-corrected chi connectivity index (χ2v) is 5.11. The highest BCUT2D eigenvalue weighted by Crippen LogP contribution is 2.12. The molecular weight excluding hydrogens is 299 g/mol. The Labute approximate surface area is 127 Å². The first-order valence-electron chi connectivity index (χ1n) is 6.14. The molecule has 2 rings (SSSR count). The van der Waals surface area contributed by atoms with Gasteiger partial charge in [0.15, 0.2) is 0 Å². The van der Waals surface area contributed by atoms with Gasteiger partial charge in [-0.25, -0.2) is 4.39 Å². The molecule has 0 amide bonds. The van der Waals surface area contributed by atoms with Crippen molar-refractivity contribution in [2.75, 3.05) is 13.2 Å². The molecule has 0 fully saturated rings. The summed E-state index contributed by atoms with van der Waals surface area (Å²) in [6.45, 7) is 0.361. The van der Waals surface area contributed by atoms with Crippen LogP contribution in [0.5, 0.6) is 0 Å². The standard InChI is InChI=1S/C14H13BCl2FNO/c16-12-4-1-10(2-5-12)15(20-8-7-19)11-3-6-13(17)14(18)9-11/h1-6,9H,7-8,19H2. The summed E-state index contributed by atoms with van der Waals surface area (Å²) < 4.78 is 19.3. The van der Waals surface area contributed by atoms with E-state index in [1.165, 1.54) is 12.1 Å². The van der Waals surface area contributed by atoms with Crippen molar-refractivity contribution in [1.29, 1.82) is 0 Å². The third-order valence-corrected chi connectivity index (χ3v) is 3.38. The minimum atomic E-state index is -0.473. The molecule has 0 spiro atoms. The van der Waals surface area contributed by atoms with Crippen LogP contribution in [0.2, 0.25) is 10.0 Å². The van der Waals surface area contributed by atoms with Gasteiger partial charge in [-0.15, -0.1) is 0 Å². The summed E-state index contributed by atoms with van der Waals surface area (Å²) in [6, 6.07) is 11.8. The summed E-state index contributed by atoms with van der Waals surface area (Å²) in [7, 11) is 0. The number of nitrogens with two attached hydrogens (primary N) is 1. The van der Waals surface area contributed by atoms with E-state index in [1.807, 2.05) is 12.1 Å². The second-order valence-electron chi connectivity index (χ2n) is 4.26. The fourth-order valence-electron chi connectivity index (χ4n) is 1.88. The molecule has 104 valence electrons. The van der Waals surface area contributed by atoms with Crippen LogP contribution < -0.4 is 16.7 Å². The van der Waals surface area contributed by atoms with E-state index >= 15 is 0 Å². The van der Waals surface area contributed by atoms with Gasteiger partial charge >= 0.3 is 6.92 Å². The zero-order valence-corrected chi connectivity index (χ0v) is 12.2. The number of halogens is 3. The van der Waals surface area contributed by atoms with Crippen LogP contribution in [-0.2, 0) is 4.65 Å². The first-order chi connectivity index (χ1) is 9.61. The van der Waals surface area contributed by atoms with Gasteiger partial charge in [0.2, 0.25) is 0 Å². The van der Waals surface area contributed by atoms with E-state index in [-0.39, 0.29) is 5.02 Å². The Balaban J connectivity index is 2.35. The van der Waals surface area contributed by atoms with Gasteiger partial charge in [0.1, 0.15) is 5.82 Å². The third-order valence-electron chi connectivity index (χ3n) is 2.82. The van der Waals surface area contributed by atoms with Crippen LogP contribution in [0.4, 0.5) is 4.39 Å². The molecule has 0 aliphatic rings. The van der Waals surface area contributed by atoms with Gasteiger partial charge in [-0.1, -0.05) is 41.4 Å². The van der Waals surface area contributed by atoms with Crippen LogP contribution >= 0.6 is 23.2 Å². The lowest BCUT2D eigenvalue weighted by Gasteiger charge is -2.15. The molecule has 20 heavy (non-hydrogen) atoms. The van der Waals surface area contributed by atoms with Crippen LogP contribution in [-0.4, -0.2) is 20.1 Å². The molecule has 6 heteroatoms. The average molecular weight is 312 g/mol. The quantitative estimate of drug-likeness (QED) is 0.859. The summed E-state index contributed by atoms with van der Waals surface area (Å²) in [5.41, 5.74) is 7.03. The molecular formula is C14H13BCl2FNO. The summed E-state index contributed by atoms with van der Waals surface area (Å²) in [4.78, 5) is 0. The number of hydrogen-bond donors (Lipinski definition) is 1. The SMILES string of the molecule is NCCOB(c1ccc(Cl)cc1)c1ccc(Cl)c(F)c1. The van der Waals surface area contributed by atoms with E-state index in [0.29, 0.717) is 23.6 Å². The molecule has 0 saturated carbocycles. The van der Waals surface area contributed by atoms with Crippen molar-refractivity contribution in [2.45, 2.75) is 0 Å². The van der Waals surface area contributed by atoms with Crippen LogP contribution in [0.15, 0.2) is 42.5 Å². The molecule has 2 N–H and O–H groups in total. The molecule has 0 heterocycles. The topological polar surface area (TPSA) is 35.2 Å². The lowest BCUT2D eigenvalue weighted by atomic mass is 9.55. The van der Waals surface area contributed by atoms with E-state index < -0.39 is 12.7 Å². The molecule has 0 aliphatic carbocycles.